The van der Waals surface area contributed by atoms with Gasteiger partial charge in [-0.05, 0) is 41.3 Å². The molecule has 5 heteroatoms. The van der Waals surface area contributed by atoms with Gasteiger partial charge in [-0.2, -0.15) is 5.26 Å². The van der Waals surface area contributed by atoms with Gasteiger partial charge >= 0.3 is 0 Å². The second-order valence-electron chi connectivity index (χ2n) is 6.85. The lowest BCUT2D eigenvalue weighted by Crippen LogP contribution is -2.26. The van der Waals surface area contributed by atoms with Gasteiger partial charge in [0.15, 0.2) is 11.5 Å². The van der Waals surface area contributed by atoms with E-state index in [0.29, 0.717) is 36.6 Å². The van der Waals surface area contributed by atoms with Crippen LogP contribution in [0.1, 0.15) is 16.7 Å². The van der Waals surface area contributed by atoms with Crippen LogP contribution in [0.25, 0.3) is 6.08 Å². The van der Waals surface area contributed by atoms with Crippen molar-refractivity contribution in [2.24, 2.45) is 0 Å². The molecule has 1 amide bonds. The number of benzene rings is 3. The minimum absolute atomic E-state index is 0.0352. The fraction of sp³-hybridized carbons (Fsp3) is 0.154. The zero-order chi connectivity index (χ0) is 21.9. The van der Waals surface area contributed by atoms with Gasteiger partial charge in [0.1, 0.15) is 18.2 Å². The SMILES string of the molecule is COc1cc(/C=C(/C#N)C(=O)NCCc2ccccc2)ccc1OCc1ccccc1. The highest BCUT2D eigenvalue weighted by Crippen LogP contribution is 2.29. The fourth-order valence-corrected chi connectivity index (χ4v) is 3.00. The number of hydrogen-bond acceptors (Lipinski definition) is 4. The van der Waals surface area contributed by atoms with Crippen LogP contribution in [0.15, 0.2) is 84.4 Å². The van der Waals surface area contributed by atoms with Gasteiger partial charge in [0.2, 0.25) is 0 Å². The van der Waals surface area contributed by atoms with E-state index in [9.17, 15) is 10.1 Å². The number of rotatable bonds is 9. The molecule has 0 atom stereocenters. The molecule has 0 aromatic heterocycles. The Kier molecular flexibility index (Phi) is 7.84. The van der Waals surface area contributed by atoms with Crippen molar-refractivity contribution in [3.8, 4) is 17.6 Å². The Balaban J connectivity index is 1.64. The van der Waals surface area contributed by atoms with Gasteiger partial charge in [-0.3, -0.25) is 4.79 Å². The molecule has 0 bridgehead atoms. The van der Waals surface area contributed by atoms with Crippen molar-refractivity contribution in [1.29, 1.82) is 5.26 Å². The first-order valence-corrected chi connectivity index (χ1v) is 9.98. The number of amides is 1. The number of carbonyl (C=O) groups is 1. The number of nitrogens with one attached hydrogen (secondary N) is 1. The third kappa shape index (κ3) is 6.48. The maximum absolute atomic E-state index is 12.4. The van der Waals surface area contributed by atoms with Crippen molar-refractivity contribution in [2.45, 2.75) is 13.0 Å². The summed E-state index contributed by atoms with van der Waals surface area (Å²) >= 11 is 0. The predicted octanol–water partition coefficient (Wildman–Crippen LogP) is 4.54. The molecule has 0 heterocycles. The summed E-state index contributed by atoms with van der Waals surface area (Å²) in [5.74, 6) is 0.725. The van der Waals surface area contributed by atoms with E-state index >= 15 is 0 Å². The first-order valence-electron chi connectivity index (χ1n) is 9.98. The lowest BCUT2D eigenvalue weighted by atomic mass is 10.1. The minimum Gasteiger partial charge on any atom is -0.493 e. The van der Waals surface area contributed by atoms with E-state index in [0.717, 1.165) is 11.1 Å². The topological polar surface area (TPSA) is 71.3 Å². The molecule has 3 aromatic rings. The van der Waals surface area contributed by atoms with Crippen LogP contribution in [-0.2, 0) is 17.8 Å². The Morgan fingerprint density at radius 2 is 1.65 bits per heavy atom. The van der Waals surface area contributed by atoms with Gasteiger partial charge in [-0.15, -0.1) is 0 Å². The molecule has 0 aliphatic heterocycles. The standard InChI is InChI=1S/C26H24N2O3/c1-30-25-17-22(12-13-24(25)31-19-21-10-6-3-7-11-21)16-23(18-27)26(29)28-15-14-20-8-4-2-5-9-20/h2-13,16-17H,14-15,19H2,1H3,(H,28,29)/b23-16-. The van der Waals surface area contributed by atoms with Crippen LogP contribution in [-0.4, -0.2) is 19.6 Å². The molecule has 0 unspecified atom stereocenters. The van der Waals surface area contributed by atoms with Crippen molar-refractivity contribution in [3.63, 3.8) is 0 Å². The van der Waals surface area contributed by atoms with Crippen LogP contribution in [0.5, 0.6) is 11.5 Å². The third-order valence-electron chi connectivity index (χ3n) is 4.64. The molecule has 0 saturated carbocycles. The van der Waals surface area contributed by atoms with Crippen molar-refractivity contribution in [2.75, 3.05) is 13.7 Å². The van der Waals surface area contributed by atoms with Crippen LogP contribution in [0, 0.1) is 11.3 Å². The zero-order valence-corrected chi connectivity index (χ0v) is 17.4. The summed E-state index contributed by atoms with van der Waals surface area (Å²) in [6, 6.07) is 27.0. The van der Waals surface area contributed by atoms with Gasteiger partial charge < -0.3 is 14.8 Å². The van der Waals surface area contributed by atoms with Crippen LogP contribution in [0.4, 0.5) is 0 Å². The lowest BCUT2D eigenvalue weighted by Gasteiger charge is -2.11. The first kappa shape index (κ1) is 21.7. The molecule has 0 aliphatic carbocycles. The average molecular weight is 412 g/mol. The second-order valence-corrected chi connectivity index (χ2v) is 6.85. The molecule has 1 N–H and O–H groups in total. The smallest absolute Gasteiger partial charge is 0.261 e. The van der Waals surface area contributed by atoms with Crippen LogP contribution >= 0.6 is 0 Å². The average Bonchev–Trinajstić information content (AvgIpc) is 2.82. The minimum atomic E-state index is -0.401. The highest BCUT2D eigenvalue weighted by molar-refractivity contribution is 6.01. The van der Waals surface area contributed by atoms with Gasteiger partial charge in [-0.1, -0.05) is 66.7 Å². The van der Waals surface area contributed by atoms with Crippen molar-refractivity contribution in [1.82, 2.24) is 5.32 Å². The number of hydrogen-bond donors (Lipinski definition) is 1. The highest BCUT2D eigenvalue weighted by Gasteiger charge is 2.11. The molecule has 5 nitrogen and oxygen atoms in total. The van der Waals surface area contributed by atoms with Crippen molar-refractivity contribution >= 4 is 12.0 Å². The molecule has 3 rings (SSSR count). The molecular weight excluding hydrogens is 388 g/mol. The maximum Gasteiger partial charge on any atom is 0.261 e. The summed E-state index contributed by atoms with van der Waals surface area (Å²) in [6.07, 6.45) is 2.24. The van der Waals surface area contributed by atoms with Gasteiger partial charge in [0, 0.05) is 6.54 Å². The maximum atomic E-state index is 12.4. The van der Waals surface area contributed by atoms with Gasteiger partial charge in [-0.25, -0.2) is 0 Å². The lowest BCUT2D eigenvalue weighted by molar-refractivity contribution is -0.117. The predicted molar refractivity (Wildman–Crippen MR) is 121 cm³/mol. The molecule has 0 saturated heterocycles. The highest BCUT2D eigenvalue weighted by atomic mass is 16.5. The molecule has 0 aliphatic rings. The number of nitriles is 1. The summed E-state index contributed by atoms with van der Waals surface area (Å²) in [5.41, 5.74) is 2.89. The number of methoxy groups -OCH3 is 1. The van der Waals surface area contributed by atoms with E-state index < -0.39 is 5.91 Å². The summed E-state index contributed by atoms with van der Waals surface area (Å²) < 4.78 is 11.3. The second kappa shape index (κ2) is 11.2. The largest absolute Gasteiger partial charge is 0.493 e. The molecule has 31 heavy (non-hydrogen) atoms. The molecule has 0 fully saturated rings. The molecule has 156 valence electrons. The van der Waals surface area contributed by atoms with E-state index in [1.54, 1.807) is 31.4 Å². The Bertz CT molecular complexity index is 1070. The van der Waals surface area contributed by atoms with Crippen LogP contribution in [0.2, 0.25) is 0 Å². The quantitative estimate of drug-likeness (QED) is 0.414. The van der Waals surface area contributed by atoms with Crippen molar-refractivity contribution in [3.05, 3.63) is 101 Å². The van der Waals surface area contributed by atoms with Crippen LogP contribution in [0.3, 0.4) is 0 Å². The third-order valence-corrected chi connectivity index (χ3v) is 4.64. The number of nitrogens with zero attached hydrogens (tertiary/aromatic N) is 1. The summed E-state index contributed by atoms with van der Waals surface area (Å²) in [6.45, 7) is 0.872. The van der Waals surface area contributed by atoms with Gasteiger partial charge in [0.25, 0.3) is 5.91 Å². The summed E-state index contributed by atoms with van der Waals surface area (Å²) in [4.78, 5) is 12.4. The molecule has 0 radical (unpaired) electrons. The van der Waals surface area contributed by atoms with E-state index in [1.807, 2.05) is 66.7 Å². The Labute approximate surface area is 182 Å². The van der Waals surface area contributed by atoms with E-state index in [-0.39, 0.29) is 5.57 Å². The Morgan fingerprint density at radius 1 is 0.968 bits per heavy atom. The molecule has 3 aromatic carbocycles. The van der Waals surface area contributed by atoms with Gasteiger partial charge in [0.05, 0.1) is 7.11 Å². The monoisotopic (exact) mass is 412 g/mol. The van der Waals surface area contributed by atoms with Crippen LogP contribution < -0.4 is 14.8 Å². The van der Waals surface area contributed by atoms with E-state index in [2.05, 4.69) is 5.32 Å². The van der Waals surface area contributed by atoms with E-state index in [4.69, 9.17) is 9.47 Å². The molecular formula is C26H24N2O3. The zero-order valence-electron chi connectivity index (χ0n) is 17.4. The summed E-state index contributed by atoms with van der Waals surface area (Å²) in [5, 5.41) is 12.2. The fourth-order valence-electron chi connectivity index (χ4n) is 3.00. The number of ether oxygens (including phenoxy) is 2. The Morgan fingerprint density at radius 3 is 2.29 bits per heavy atom. The molecule has 0 spiro atoms. The normalized spacial score (nSPS) is 10.8. The summed E-state index contributed by atoms with van der Waals surface area (Å²) in [7, 11) is 1.56. The Hall–Kier alpha value is -4.04. The number of carbonyl (C=O) groups excluding carboxylic acids is 1. The van der Waals surface area contributed by atoms with Crippen molar-refractivity contribution < 1.29 is 14.3 Å². The first-order chi connectivity index (χ1) is 15.2. The van der Waals surface area contributed by atoms with E-state index in [1.165, 1.54) is 0 Å².